The van der Waals surface area contributed by atoms with Gasteiger partial charge in [-0.15, -0.1) is 0 Å². The number of aromatic nitrogens is 2. The molecule has 1 fully saturated rings. The van der Waals surface area contributed by atoms with Crippen LogP contribution in [0.4, 0.5) is 5.82 Å². The lowest BCUT2D eigenvalue weighted by atomic mass is 10.0. The van der Waals surface area contributed by atoms with E-state index in [0.717, 1.165) is 43.0 Å². The van der Waals surface area contributed by atoms with Crippen molar-refractivity contribution < 1.29 is 4.79 Å². The second kappa shape index (κ2) is 7.09. The van der Waals surface area contributed by atoms with Crippen molar-refractivity contribution in [1.82, 2.24) is 14.9 Å². The average molecular weight is 340 g/mol. The normalized spacial score (nSPS) is 17.4. The number of hydrogen-bond donors (Lipinski definition) is 1. The number of aryl methyl sites for hydroxylation is 2. The van der Waals surface area contributed by atoms with Crippen LogP contribution in [-0.2, 0) is 0 Å². The number of aromatic amines is 1. The monoisotopic (exact) mass is 340 g/mol. The van der Waals surface area contributed by atoms with Crippen molar-refractivity contribution in [1.29, 1.82) is 0 Å². The number of hydrogen-bond acceptors (Lipinski definition) is 4. The smallest absolute Gasteiger partial charge is 0.261 e. The first kappa shape index (κ1) is 17.2. The SMILES string of the molecule is Cc1cc(C(=O)N(C)[C@H]2CCCN(c3ccccn3)C2)c(=O)[nH]c1C. The molecule has 2 aromatic heterocycles. The summed E-state index contributed by atoms with van der Waals surface area (Å²) in [6.45, 7) is 5.38. The number of carbonyl (C=O) groups excluding carboxylic acids is 1. The van der Waals surface area contributed by atoms with Gasteiger partial charge >= 0.3 is 0 Å². The van der Waals surface area contributed by atoms with Crippen LogP contribution in [0.3, 0.4) is 0 Å². The maximum Gasteiger partial charge on any atom is 0.261 e. The summed E-state index contributed by atoms with van der Waals surface area (Å²) in [7, 11) is 1.78. The van der Waals surface area contributed by atoms with E-state index in [-0.39, 0.29) is 23.1 Å². The van der Waals surface area contributed by atoms with Crippen LogP contribution in [-0.4, -0.2) is 47.0 Å². The Morgan fingerprint density at radius 1 is 1.36 bits per heavy atom. The van der Waals surface area contributed by atoms with Crippen molar-refractivity contribution in [3.05, 3.63) is 57.6 Å². The van der Waals surface area contributed by atoms with Gasteiger partial charge in [-0.1, -0.05) is 6.07 Å². The van der Waals surface area contributed by atoms with Gasteiger partial charge in [0.2, 0.25) is 0 Å². The average Bonchev–Trinajstić information content (AvgIpc) is 2.64. The van der Waals surface area contributed by atoms with Crippen molar-refractivity contribution in [3.8, 4) is 0 Å². The third-order valence-electron chi connectivity index (χ3n) is 4.97. The Kier molecular flexibility index (Phi) is 4.88. The highest BCUT2D eigenvalue weighted by molar-refractivity contribution is 5.94. The molecule has 1 saturated heterocycles. The molecule has 0 aliphatic carbocycles. The molecule has 25 heavy (non-hydrogen) atoms. The largest absolute Gasteiger partial charge is 0.355 e. The number of carbonyl (C=O) groups is 1. The highest BCUT2D eigenvalue weighted by atomic mass is 16.2. The Hall–Kier alpha value is -2.63. The van der Waals surface area contributed by atoms with Gasteiger partial charge in [0.15, 0.2) is 0 Å². The fourth-order valence-corrected chi connectivity index (χ4v) is 3.26. The number of H-pyrrole nitrogens is 1. The van der Waals surface area contributed by atoms with Crippen molar-refractivity contribution in [3.63, 3.8) is 0 Å². The van der Waals surface area contributed by atoms with Gasteiger partial charge in [-0.25, -0.2) is 4.98 Å². The zero-order valence-electron chi connectivity index (χ0n) is 15.0. The molecule has 6 nitrogen and oxygen atoms in total. The van der Waals surface area contributed by atoms with Gasteiger partial charge in [0.25, 0.3) is 11.5 Å². The molecule has 1 aliphatic rings. The van der Waals surface area contributed by atoms with Gasteiger partial charge in [0.1, 0.15) is 11.4 Å². The fourth-order valence-electron chi connectivity index (χ4n) is 3.26. The molecule has 0 radical (unpaired) electrons. The number of nitrogens with zero attached hydrogens (tertiary/aromatic N) is 3. The first-order valence-corrected chi connectivity index (χ1v) is 8.61. The topological polar surface area (TPSA) is 69.3 Å². The molecular formula is C19H24N4O2. The summed E-state index contributed by atoms with van der Waals surface area (Å²) in [4.78, 5) is 36.1. The van der Waals surface area contributed by atoms with Gasteiger partial charge in [-0.2, -0.15) is 0 Å². The van der Waals surface area contributed by atoms with E-state index in [1.54, 1.807) is 24.2 Å². The van der Waals surface area contributed by atoms with E-state index in [1.165, 1.54) is 0 Å². The number of anilines is 1. The Labute approximate surface area is 147 Å². The zero-order chi connectivity index (χ0) is 18.0. The number of nitrogens with one attached hydrogen (secondary N) is 1. The molecule has 1 amide bonds. The van der Waals surface area contributed by atoms with Crippen LogP contribution in [0, 0.1) is 13.8 Å². The van der Waals surface area contributed by atoms with Crippen molar-refractivity contribution in [2.75, 3.05) is 25.0 Å². The summed E-state index contributed by atoms with van der Waals surface area (Å²) >= 11 is 0. The van der Waals surface area contributed by atoms with Crippen LogP contribution in [0.15, 0.2) is 35.3 Å². The van der Waals surface area contributed by atoms with Crippen LogP contribution in [0.2, 0.25) is 0 Å². The van der Waals surface area contributed by atoms with Crippen molar-refractivity contribution >= 4 is 11.7 Å². The Balaban J connectivity index is 1.78. The van der Waals surface area contributed by atoms with Gasteiger partial charge in [0, 0.05) is 38.1 Å². The molecule has 0 bridgehead atoms. The first-order valence-electron chi connectivity index (χ1n) is 8.61. The van der Waals surface area contributed by atoms with Crippen LogP contribution in [0.5, 0.6) is 0 Å². The van der Waals surface area contributed by atoms with E-state index in [2.05, 4.69) is 14.9 Å². The lowest BCUT2D eigenvalue weighted by Crippen LogP contribution is -2.49. The summed E-state index contributed by atoms with van der Waals surface area (Å²) in [5.41, 5.74) is 1.59. The summed E-state index contributed by atoms with van der Waals surface area (Å²) in [5, 5.41) is 0. The third-order valence-corrected chi connectivity index (χ3v) is 4.97. The molecule has 1 N–H and O–H groups in total. The molecule has 0 spiro atoms. The molecule has 0 aromatic carbocycles. The maximum absolute atomic E-state index is 12.8. The lowest BCUT2D eigenvalue weighted by molar-refractivity contribution is 0.0715. The second-order valence-corrected chi connectivity index (χ2v) is 6.67. The zero-order valence-corrected chi connectivity index (χ0v) is 15.0. The minimum absolute atomic E-state index is 0.0595. The Morgan fingerprint density at radius 2 is 2.16 bits per heavy atom. The van der Waals surface area contributed by atoms with E-state index in [9.17, 15) is 9.59 Å². The quantitative estimate of drug-likeness (QED) is 0.929. The predicted molar refractivity (Wildman–Crippen MR) is 98.1 cm³/mol. The van der Waals surface area contributed by atoms with Gasteiger partial charge in [0.05, 0.1) is 0 Å². The summed E-state index contributed by atoms with van der Waals surface area (Å²) < 4.78 is 0. The van der Waals surface area contributed by atoms with E-state index in [0.29, 0.717) is 0 Å². The summed E-state index contributed by atoms with van der Waals surface area (Å²) in [5.74, 6) is 0.703. The van der Waals surface area contributed by atoms with Gasteiger partial charge in [-0.3, -0.25) is 9.59 Å². The van der Waals surface area contributed by atoms with Crippen LogP contribution >= 0.6 is 0 Å². The van der Waals surface area contributed by atoms with Crippen molar-refractivity contribution in [2.24, 2.45) is 0 Å². The number of rotatable bonds is 3. The molecule has 2 aromatic rings. The standard InChI is InChI=1S/C19H24N4O2/c1-13-11-16(18(24)21-14(13)2)19(25)22(3)15-7-6-10-23(12-15)17-8-4-5-9-20-17/h4-5,8-9,11,15H,6-7,10,12H2,1-3H3,(H,21,24)/t15-/m0/s1. The maximum atomic E-state index is 12.8. The Morgan fingerprint density at radius 3 is 2.88 bits per heavy atom. The Bertz CT molecular complexity index is 816. The summed E-state index contributed by atoms with van der Waals surface area (Å²) in [6.07, 6.45) is 3.69. The highest BCUT2D eigenvalue weighted by Crippen LogP contribution is 2.21. The summed E-state index contributed by atoms with van der Waals surface area (Å²) in [6, 6.07) is 7.59. The molecule has 6 heteroatoms. The third kappa shape index (κ3) is 3.57. The number of pyridine rings is 2. The first-order chi connectivity index (χ1) is 12.0. The van der Waals surface area contributed by atoms with Crippen LogP contribution in [0.25, 0.3) is 0 Å². The van der Waals surface area contributed by atoms with E-state index in [1.807, 2.05) is 32.0 Å². The van der Waals surface area contributed by atoms with Crippen LogP contribution < -0.4 is 10.5 Å². The van der Waals surface area contributed by atoms with E-state index >= 15 is 0 Å². The second-order valence-electron chi connectivity index (χ2n) is 6.67. The molecule has 3 heterocycles. The van der Waals surface area contributed by atoms with Gasteiger partial charge in [-0.05, 0) is 50.5 Å². The number of amides is 1. The molecule has 1 aliphatic heterocycles. The molecule has 3 rings (SSSR count). The van der Waals surface area contributed by atoms with Gasteiger partial charge < -0.3 is 14.8 Å². The predicted octanol–water partition coefficient (Wildman–Crippen LogP) is 2.13. The van der Waals surface area contributed by atoms with E-state index in [4.69, 9.17) is 0 Å². The number of likely N-dealkylation sites (N-methyl/N-ethyl adjacent to an activating group) is 1. The molecule has 1 atom stereocenters. The molecule has 132 valence electrons. The number of piperidine rings is 1. The van der Waals surface area contributed by atoms with Crippen molar-refractivity contribution in [2.45, 2.75) is 32.7 Å². The van der Waals surface area contributed by atoms with Crippen LogP contribution in [0.1, 0.15) is 34.5 Å². The molecule has 0 saturated carbocycles. The minimum Gasteiger partial charge on any atom is -0.355 e. The van der Waals surface area contributed by atoms with E-state index < -0.39 is 0 Å². The fraction of sp³-hybridized carbons (Fsp3) is 0.421. The molecule has 0 unspecified atom stereocenters. The molecular weight excluding hydrogens is 316 g/mol. The lowest BCUT2D eigenvalue weighted by Gasteiger charge is -2.38. The highest BCUT2D eigenvalue weighted by Gasteiger charge is 2.28. The minimum atomic E-state index is -0.322.